The highest BCUT2D eigenvalue weighted by Crippen LogP contribution is 2.30. The first-order chi connectivity index (χ1) is 12.5. The van der Waals surface area contributed by atoms with E-state index in [1.807, 2.05) is 49.0 Å². The van der Waals surface area contributed by atoms with Gasteiger partial charge in [0.05, 0.1) is 17.2 Å². The number of aromatic nitrogens is 2. The van der Waals surface area contributed by atoms with Gasteiger partial charge >= 0.3 is 0 Å². The lowest BCUT2D eigenvalue weighted by Crippen LogP contribution is -2.13. The Bertz CT molecular complexity index is 932. The van der Waals surface area contributed by atoms with Crippen LogP contribution >= 0.6 is 11.6 Å². The Labute approximate surface area is 157 Å². The van der Waals surface area contributed by atoms with Gasteiger partial charge in [0.25, 0.3) is 5.91 Å². The molecule has 1 N–H and O–H groups in total. The Hall–Kier alpha value is -2.53. The molecule has 0 fully saturated rings. The van der Waals surface area contributed by atoms with E-state index in [4.69, 9.17) is 16.3 Å². The van der Waals surface area contributed by atoms with Gasteiger partial charge in [0, 0.05) is 30.5 Å². The molecule has 26 heavy (non-hydrogen) atoms. The van der Waals surface area contributed by atoms with Crippen molar-refractivity contribution in [1.29, 1.82) is 0 Å². The molecule has 3 rings (SSSR count). The number of carbonyl (C=O) groups is 1. The maximum Gasteiger partial charge on any atom is 0.258 e. The molecule has 0 spiro atoms. The minimum atomic E-state index is -0.285. The van der Waals surface area contributed by atoms with Crippen molar-refractivity contribution in [2.24, 2.45) is 7.05 Å². The van der Waals surface area contributed by atoms with Crippen molar-refractivity contribution in [1.82, 2.24) is 9.55 Å². The molecule has 0 bridgehead atoms. The summed E-state index contributed by atoms with van der Waals surface area (Å²) in [6.45, 7) is 4.77. The fourth-order valence-corrected chi connectivity index (χ4v) is 3.21. The summed E-state index contributed by atoms with van der Waals surface area (Å²) in [4.78, 5) is 17.0. The van der Waals surface area contributed by atoms with Gasteiger partial charge in [0.2, 0.25) is 0 Å². The van der Waals surface area contributed by atoms with Crippen LogP contribution in [0.5, 0.6) is 5.75 Å². The molecule has 136 valence electrons. The largest absolute Gasteiger partial charge is 0.494 e. The normalized spacial score (nSPS) is 10.9. The van der Waals surface area contributed by atoms with Crippen molar-refractivity contribution in [3.63, 3.8) is 0 Å². The lowest BCUT2D eigenvalue weighted by molar-refractivity contribution is 0.102. The third-order valence-electron chi connectivity index (χ3n) is 4.23. The zero-order valence-corrected chi connectivity index (χ0v) is 15.9. The number of carbonyl (C=O) groups excluding carboxylic acids is 1. The molecule has 0 atom stereocenters. The lowest BCUT2D eigenvalue weighted by Gasteiger charge is -2.09. The van der Waals surface area contributed by atoms with Gasteiger partial charge in [-0.3, -0.25) is 4.79 Å². The quantitative estimate of drug-likeness (QED) is 0.622. The van der Waals surface area contributed by atoms with Gasteiger partial charge in [0.1, 0.15) is 11.4 Å². The Kier molecular flexibility index (Phi) is 5.47. The van der Waals surface area contributed by atoms with E-state index in [9.17, 15) is 4.79 Å². The van der Waals surface area contributed by atoms with E-state index in [2.05, 4.69) is 17.2 Å². The van der Waals surface area contributed by atoms with Crippen molar-refractivity contribution in [2.45, 2.75) is 26.7 Å². The summed E-state index contributed by atoms with van der Waals surface area (Å²) < 4.78 is 7.53. The molecule has 3 aromatic rings. The van der Waals surface area contributed by atoms with Gasteiger partial charge in [-0.15, -0.1) is 0 Å². The number of fused-ring (bicyclic) bond motifs is 1. The minimum Gasteiger partial charge on any atom is -0.494 e. The number of unbranched alkanes of at least 4 members (excludes halogenated alkanes) is 1. The summed E-state index contributed by atoms with van der Waals surface area (Å²) >= 11 is 6.48. The number of nitrogens with zero attached hydrogens (tertiary/aromatic N) is 2. The first-order valence-corrected chi connectivity index (χ1v) is 9.03. The van der Waals surface area contributed by atoms with E-state index in [0.717, 1.165) is 35.2 Å². The van der Waals surface area contributed by atoms with Gasteiger partial charge in [-0.25, -0.2) is 4.98 Å². The molecule has 0 radical (unpaired) electrons. The van der Waals surface area contributed by atoms with Crippen LogP contribution in [0, 0.1) is 6.92 Å². The highest BCUT2D eigenvalue weighted by Gasteiger charge is 2.17. The summed E-state index contributed by atoms with van der Waals surface area (Å²) in [7, 11) is 1.91. The maximum atomic E-state index is 12.6. The van der Waals surface area contributed by atoms with Crippen molar-refractivity contribution >= 4 is 34.2 Å². The Morgan fingerprint density at radius 1 is 1.31 bits per heavy atom. The summed E-state index contributed by atoms with van der Waals surface area (Å²) in [6.07, 6.45) is 5.57. The number of amides is 1. The molecule has 2 aromatic heterocycles. The van der Waals surface area contributed by atoms with Crippen LogP contribution in [-0.2, 0) is 7.05 Å². The van der Waals surface area contributed by atoms with E-state index in [1.165, 1.54) is 6.20 Å². The number of hydrogen-bond acceptors (Lipinski definition) is 3. The molecule has 6 heteroatoms. The molecule has 1 amide bonds. The van der Waals surface area contributed by atoms with Gasteiger partial charge in [0.15, 0.2) is 0 Å². The van der Waals surface area contributed by atoms with Crippen molar-refractivity contribution in [2.75, 3.05) is 11.9 Å². The molecule has 0 saturated heterocycles. The van der Waals surface area contributed by atoms with Crippen LogP contribution in [0.3, 0.4) is 0 Å². The number of pyridine rings is 1. The summed E-state index contributed by atoms with van der Waals surface area (Å²) in [5, 5.41) is 4.09. The van der Waals surface area contributed by atoms with E-state index < -0.39 is 0 Å². The maximum absolute atomic E-state index is 12.6. The molecule has 0 aliphatic carbocycles. The number of halogens is 1. The molecule has 0 aliphatic heterocycles. The summed E-state index contributed by atoms with van der Waals surface area (Å²) in [6, 6.07) is 7.31. The fourth-order valence-electron chi connectivity index (χ4n) is 2.84. The summed E-state index contributed by atoms with van der Waals surface area (Å²) in [5.41, 5.74) is 2.79. The van der Waals surface area contributed by atoms with Crippen LogP contribution in [0.15, 0.2) is 36.7 Å². The second-order valence-electron chi connectivity index (χ2n) is 6.29. The molecule has 0 unspecified atom stereocenters. The van der Waals surface area contributed by atoms with Gasteiger partial charge in [-0.05, 0) is 43.2 Å². The van der Waals surface area contributed by atoms with E-state index >= 15 is 0 Å². The molecular formula is C20H22ClN3O2. The van der Waals surface area contributed by atoms with Crippen LogP contribution in [0.4, 0.5) is 5.69 Å². The first kappa shape index (κ1) is 18.3. The average Bonchev–Trinajstić information content (AvgIpc) is 2.91. The molecule has 2 heterocycles. The van der Waals surface area contributed by atoms with Crippen LogP contribution in [0.25, 0.3) is 11.0 Å². The monoisotopic (exact) mass is 371 g/mol. The number of ether oxygens (including phenoxy) is 1. The van der Waals surface area contributed by atoms with Gasteiger partial charge < -0.3 is 14.6 Å². The number of nitrogens with one attached hydrogen (secondary N) is 1. The molecule has 1 aromatic carbocycles. The van der Waals surface area contributed by atoms with E-state index in [-0.39, 0.29) is 5.91 Å². The number of benzene rings is 1. The predicted octanol–water partition coefficient (Wildman–Crippen LogP) is 4.97. The molecule has 5 nitrogen and oxygen atoms in total. The number of anilines is 1. The molecule has 0 aliphatic rings. The second kappa shape index (κ2) is 7.79. The Morgan fingerprint density at radius 3 is 2.73 bits per heavy atom. The highest BCUT2D eigenvalue weighted by atomic mass is 35.5. The number of hydrogen-bond donors (Lipinski definition) is 1. The van der Waals surface area contributed by atoms with Crippen molar-refractivity contribution < 1.29 is 9.53 Å². The van der Waals surface area contributed by atoms with Crippen LogP contribution in [-0.4, -0.2) is 22.1 Å². The van der Waals surface area contributed by atoms with E-state index in [0.29, 0.717) is 22.9 Å². The highest BCUT2D eigenvalue weighted by molar-refractivity contribution is 6.39. The van der Waals surface area contributed by atoms with Crippen LogP contribution in [0.2, 0.25) is 5.02 Å². The number of rotatable bonds is 6. The fraction of sp³-hybridized carbons (Fsp3) is 0.300. The topological polar surface area (TPSA) is 56.1 Å². The van der Waals surface area contributed by atoms with Gasteiger partial charge in [-0.2, -0.15) is 0 Å². The SMILES string of the molecule is CCCCOc1ccc(NC(=O)c2cnc3c(c(C)cn3C)c2Cl)cc1. The van der Waals surface area contributed by atoms with E-state index in [1.54, 1.807) is 0 Å². The third-order valence-corrected chi connectivity index (χ3v) is 4.63. The Balaban J connectivity index is 1.77. The lowest BCUT2D eigenvalue weighted by atomic mass is 10.1. The molecular weight excluding hydrogens is 350 g/mol. The van der Waals surface area contributed by atoms with Crippen molar-refractivity contribution in [3.8, 4) is 5.75 Å². The summed E-state index contributed by atoms with van der Waals surface area (Å²) in [5.74, 6) is 0.504. The first-order valence-electron chi connectivity index (χ1n) is 8.65. The second-order valence-corrected chi connectivity index (χ2v) is 6.67. The van der Waals surface area contributed by atoms with Crippen LogP contribution < -0.4 is 10.1 Å². The predicted molar refractivity (Wildman–Crippen MR) is 105 cm³/mol. The average molecular weight is 372 g/mol. The zero-order chi connectivity index (χ0) is 18.7. The smallest absolute Gasteiger partial charge is 0.258 e. The zero-order valence-electron chi connectivity index (χ0n) is 15.2. The minimum absolute atomic E-state index is 0.285. The standard InChI is InChI=1S/C20H22ClN3O2/c1-4-5-10-26-15-8-6-14(7-9-15)23-20(25)16-11-22-19-17(18(16)21)13(2)12-24(19)3/h6-9,11-12H,4-5,10H2,1-3H3,(H,23,25). The third kappa shape index (κ3) is 3.68. The van der Waals surface area contributed by atoms with Crippen LogP contribution in [0.1, 0.15) is 35.7 Å². The molecule has 0 saturated carbocycles. The van der Waals surface area contributed by atoms with Gasteiger partial charge in [-0.1, -0.05) is 24.9 Å². The van der Waals surface area contributed by atoms with Crippen molar-refractivity contribution in [3.05, 3.63) is 52.8 Å². The Morgan fingerprint density at radius 2 is 2.04 bits per heavy atom. The number of aryl methyl sites for hydroxylation is 2.